The number of nitrogens with two attached hydrogens (primary N) is 1. The molecule has 3 aromatic carbocycles. The summed E-state index contributed by atoms with van der Waals surface area (Å²) in [5.41, 5.74) is 12.3. The Labute approximate surface area is 198 Å². The summed E-state index contributed by atoms with van der Waals surface area (Å²) >= 11 is 0. The molecule has 2 heterocycles. The lowest BCUT2D eigenvalue weighted by atomic mass is 9.98. The molecular weight excluding hydrogens is 424 g/mol. The molecule has 0 aliphatic rings. The van der Waals surface area contributed by atoms with Crippen molar-refractivity contribution in [2.24, 2.45) is 12.8 Å². The molecule has 0 fully saturated rings. The Hall–Kier alpha value is -4.19. The molecule has 0 saturated carbocycles. The summed E-state index contributed by atoms with van der Waals surface area (Å²) in [5.74, 6) is 0.483. The van der Waals surface area contributed by atoms with E-state index in [-0.39, 0.29) is 12.3 Å². The highest BCUT2D eigenvalue weighted by Crippen LogP contribution is 2.36. The molecular formula is C28H26N4O2. The van der Waals surface area contributed by atoms with E-state index in [4.69, 9.17) is 20.6 Å². The average Bonchev–Trinajstić information content (AvgIpc) is 3.19. The average molecular weight is 451 g/mol. The number of ether oxygens (including phenoxy) is 1. The van der Waals surface area contributed by atoms with Crippen molar-refractivity contribution < 1.29 is 9.53 Å². The highest BCUT2D eigenvalue weighted by atomic mass is 16.5. The van der Waals surface area contributed by atoms with Crippen LogP contribution in [-0.4, -0.2) is 27.8 Å². The Morgan fingerprint density at radius 2 is 1.79 bits per heavy atom. The van der Waals surface area contributed by atoms with Gasteiger partial charge in [0.05, 0.1) is 30.8 Å². The van der Waals surface area contributed by atoms with Crippen LogP contribution >= 0.6 is 0 Å². The van der Waals surface area contributed by atoms with Crippen molar-refractivity contribution in [2.75, 3.05) is 7.11 Å². The molecule has 0 spiro atoms. The lowest BCUT2D eigenvalue weighted by Crippen LogP contribution is -2.13. The molecule has 0 unspecified atom stereocenters. The van der Waals surface area contributed by atoms with E-state index in [1.54, 1.807) is 7.11 Å². The third-order valence-corrected chi connectivity index (χ3v) is 6.19. The van der Waals surface area contributed by atoms with Gasteiger partial charge in [-0.15, -0.1) is 0 Å². The number of primary amides is 1. The van der Waals surface area contributed by atoms with E-state index in [1.165, 1.54) is 5.56 Å². The van der Waals surface area contributed by atoms with Gasteiger partial charge in [0, 0.05) is 29.4 Å². The molecule has 6 heteroatoms. The molecule has 6 nitrogen and oxygen atoms in total. The fraction of sp³-hybridized carbons (Fsp3) is 0.179. The zero-order chi connectivity index (χ0) is 23.7. The van der Waals surface area contributed by atoms with Gasteiger partial charge in [-0.2, -0.15) is 5.10 Å². The topological polar surface area (TPSA) is 83.0 Å². The van der Waals surface area contributed by atoms with Gasteiger partial charge in [0.25, 0.3) is 0 Å². The summed E-state index contributed by atoms with van der Waals surface area (Å²) in [4.78, 5) is 16.2. The van der Waals surface area contributed by atoms with Gasteiger partial charge < -0.3 is 10.5 Å². The fourth-order valence-electron chi connectivity index (χ4n) is 4.54. The molecule has 0 atom stereocenters. The highest BCUT2D eigenvalue weighted by molar-refractivity contribution is 6.11. The molecule has 0 bridgehead atoms. The Morgan fingerprint density at radius 1 is 1.00 bits per heavy atom. The van der Waals surface area contributed by atoms with E-state index in [9.17, 15) is 4.79 Å². The zero-order valence-corrected chi connectivity index (χ0v) is 19.3. The summed E-state index contributed by atoms with van der Waals surface area (Å²) < 4.78 is 7.58. The van der Waals surface area contributed by atoms with Crippen LogP contribution in [0.25, 0.3) is 33.1 Å². The smallest absolute Gasteiger partial charge is 0.221 e. The second-order valence-electron chi connectivity index (χ2n) is 8.50. The lowest BCUT2D eigenvalue weighted by Gasteiger charge is -2.12. The molecule has 0 saturated heterocycles. The number of carbonyl (C=O) groups excluding carboxylic acids is 1. The summed E-state index contributed by atoms with van der Waals surface area (Å²) in [6, 6.07) is 22.5. The first-order chi connectivity index (χ1) is 16.5. The molecule has 5 rings (SSSR count). The first-order valence-corrected chi connectivity index (χ1v) is 11.3. The van der Waals surface area contributed by atoms with Crippen LogP contribution in [0.2, 0.25) is 0 Å². The SMILES string of the molecule is COc1cc2ncc3c(c(-c4cccc(CC(N)=O)c4)nn3C)c2cc1CCc1ccccc1. The van der Waals surface area contributed by atoms with E-state index in [2.05, 4.69) is 30.3 Å². The van der Waals surface area contributed by atoms with Crippen molar-refractivity contribution in [3.8, 4) is 17.0 Å². The molecule has 34 heavy (non-hydrogen) atoms. The van der Waals surface area contributed by atoms with Crippen LogP contribution in [0.1, 0.15) is 16.7 Å². The van der Waals surface area contributed by atoms with E-state index >= 15 is 0 Å². The third kappa shape index (κ3) is 4.10. The first-order valence-electron chi connectivity index (χ1n) is 11.3. The minimum atomic E-state index is -0.354. The third-order valence-electron chi connectivity index (χ3n) is 6.19. The van der Waals surface area contributed by atoms with Crippen LogP contribution in [0, 0.1) is 0 Å². The molecule has 0 aliphatic carbocycles. The number of nitrogens with zero attached hydrogens (tertiary/aromatic N) is 3. The highest BCUT2D eigenvalue weighted by Gasteiger charge is 2.17. The first kappa shape index (κ1) is 21.6. The standard InChI is InChI=1S/C28H26N4O2/c1-32-24-17-30-23-16-25(34-2)20(12-11-18-7-4-3-5-8-18)15-22(23)27(24)28(31-32)21-10-6-9-19(13-21)14-26(29)33/h3-10,13,15-17H,11-12,14H2,1-2H3,(H2,29,33). The summed E-state index contributed by atoms with van der Waals surface area (Å²) in [6.07, 6.45) is 3.82. The van der Waals surface area contributed by atoms with Gasteiger partial charge in [-0.1, -0.05) is 48.5 Å². The minimum Gasteiger partial charge on any atom is -0.496 e. The van der Waals surface area contributed by atoms with Crippen molar-refractivity contribution >= 4 is 27.7 Å². The number of fused-ring (bicyclic) bond motifs is 3. The lowest BCUT2D eigenvalue weighted by molar-refractivity contribution is -0.117. The van der Waals surface area contributed by atoms with Gasteiger partial charge in [-0.05, 0) is 41.7 Å². The maximum Gasteiger partial charge on any atom is 0.221 e. The molecule has 0 aliphatic heterocycles. The van der Waals surface area contributed by atoms with Crippen LogP contribution in [0.15, 0.2) is 72.9 Å². The second-order valence-corrected chi connectivity index (χ2v) is 8.50. The molecule has 0 radical (unpaired) electrons. The monoisotopic (exact) mass is 450 g/mol. The van der Waals surface area contributed by atoms with E-state index < -0.39 is 0 Å². The van der Waals surface area contributed by atoms with Gasteiger partial charge in [0.2, 0.25) is 5.91 Å². The van der Waals surface area contributed by atoms with Crippen LogP contribution in [-0.2, 0) is 31.1 Å². The number of carbonyl (C=O) groups is 1. The summed E-state index contributed by atoms with van der Waals surface area (Å²) in [6.45, 7) is 0. The van der Waals surface area contributed by atoms with Crippen LogP contribution in [0.4, 0.5) is 0 Å². The Bertz CT molecular complexity index is 1510. The molecule has 2 aromatic heterocycles. The van der Waals surface area contributed by atoms with Gasteiger partial charge in [0.15, 0.2) is 0 Å². The van der Waals surface area contributed by atoms with Gasteiger partial charge >= 0.3 is 0 Å². The van der Waals surface area contributed by atoms with Crippen molar-refractivity contribution in [2.45, 2.75) is 19.3 Å². The molecule has 2 N–H and O–H groups in total. The van der Waals surface area contributed by atoms with Crippen LogP contribution in [0.5, 0.6) is 5.75 Å². The predicted octanol–water partition coefficient (Wildman–Crippen LogP) is 4.61. The fourth-order valence-corrected chi connectivity index (χ4v) is 4.54. The normalized spacial score (nSPS) is 11.2. The van der Waals surface area contributed by atoms with Crippen molar-refractivity contribution in [1.82, 2.24) is 14.8 Å². The Balaban J connectivity index is 1.66. The van der Waals surface area contributed by atoms with Gasteiger partial charge in [0.1, 0.15) is 11.4 Å². The number of hydrogen-bond acceptors (Lipinski definition) is 4. The zero-order valence-electron chi connectivity index (χ0n) is 19.3. The Kier molecular flexibility index (Phi) is 5.72. The predicted molar refractivity (Wildman–Crippen MR) is 135 cm³/mol. The van der Waals surface area contributed by atoms with E-state index in [0.29, 0.717) is 0 Å². The number of amides is 1. The number of aryl methyl sites for hydroxylation is 3. The van der Waals surface area contributed by atoms with Crippen molar-refractivity contribution in [1.29, 1.82) is 0 Å². The van der Waals surface area contributed by atoms with Crippen LogP contribution in [0.3, 0.4) is 0 Å². The number of rotatable bonds is 7. The molecule has 1 amide bonds. The van der Waals surface area contributed by atoms with E-state index in [1.807, 2.05) is 54.3 Å². The van der Waals surface area contributed by atoms with E-state index in [0.717, 1.165) is 62.8 Å². The number of hydrogen-bond donors (Lipinski definition) is 1. The maximum atomic E-state index is 11.5. The van der Waals surface area contributed by atoms with Gasteiger partial charge in [-0.25, -0.2) is 0 Å². The second kappa shape index (κ2) is 8.98. The number of methoxy groups -OCH3 is 1. The minimum absolute atomic E-state index is 0.196. The molecule has 170 valence electrons. The maximum absolute atomic E-state index is 11.5. The summed E-state index contributed by atoms with van der Waals surface area (Å²) in [5, 5.41) is 6.89. The number of pyridine rings is 1. The largest absolute Gasteiger partial charge is 0.496 e. The van der Waals surface area contributed by atoms with Crippen molar-refractivity contribution in [3.63, 3.8) is 0 Å². The summed E-state index contributed by atoms with van der Waals surface area (Å²) in [7, 11) is 3.62. The van der Waals surface area contributed by atoms with Crippen molar-refractivity contribution in [3.05, 3.63) is 89.6 Å². The van der Waals surface area contributed by atoms with Crippen LogP contribution < -0.4 is 10.5 Å². The van der Waals surface area contributed by atoms with Gasteiger partial charge in [-0.3, -0.25) is 14.5 Å². The molecule has 5 aromatic rings. The number of aromatic nitrogens is 3. The quantitative estimate of drug-likeness (QED) is 0.393. The Morgan fingerprint density at radius 3 is 2.56 bits per heavy atom. The number of benzene rings is 3.